The van der Waals surface area contributed by atoms with E-state index >= 15 is 0 Å². The summed E-state index contributed by atoms with van der Waals surface area (Å²) in [7, 11) is -3.17. The van der Waals surface area contributed by atoms with E-state index in [1.54, 1.807) is 0 Å². The highest BCUT2D eigenvalue weighted by Gasteiger charge is 2.45. The molecule has 0 atom stereocenters. The minimum Gasteiger partial charge on any atom is -0.311 e. The summed E-state index contributed by atoms with van der Waals surface area (Å²) in [4.78, 5) is 5.19. The van der Waals surface area contributed by atoms with Gasteiger partial charge in [0.1, 0.15) is 0 Å². The van der Waals surface area contributed by atoms with Gasteiger partial charge in [0.25, 0.3) is 6.71 Å². The van der Waals surface area contributed by atoms with E-state index in [1.165, 1.54) is 88.7 Å². The molecule has 2 aliphatic heterocycles. The van der Waals surface area contributed by atoms with Crippen LogP contribution in [0.15, 0.2) is 158 Å². The van der Waals surface area contributed by atoms with E-state index in [0.717, 1.165) is 0 Å². The Balaban J connectivity index is 1.38. The molecule has 7 aromatic rings. The molecule has 7 aromatic carbocycles. The number of benzene rings is 7. The Morgan fingerprint density at radius 2 is 0.966 bits per heavy atom. The average molecular weight is 801 g/mol. The summed E-state index contributed by atoms with van der Waals surface area (Å²) < 4.78 is 0. The molecule has 0 aliphatic carbocycles. The number of anilines is 6. The second-order valence-electron chi connectivity index (χ2n) is 20.0. The number of rotatable bonds is 7. The maximum atomic E-state index is 2.59. The fourth-order valence-corrected chi connectivity index (χ4v) is 11.7. The lowest BCUT2D eigenvalue weighted by molar-refractivity contribution is 0.590. The zero-order valence-corrected chi connectivity index (χ0v) is 38.6. The summed E-state index contributed by atoms with van der Waals surface area (Å²) in [5.74, 6) is 0.0900. The van der Waals surface area contributed by atoms with Gasteiger partial charge in [-0.3, -0.25) is 0 Å². The summed E-state index contributed by atoms with van der Waals surface area (Å²) in [6.45, 7) is 24.1. The van der Waals surface area contributed by atoms with Gasteiger partial charge in [0.2, 0.25) is 0 Å². The van der Waals surface area contributed by atoms with Crippen molar-refractivity contribution in [3.05, 3.63) is 186 Å². The molecule has 0 unspecified atom stereocenters. The van der Waals surface area contributed by atoms with Gasteiger partial charge in [0.05, 0.1) is 16.1 Å². The van der Waals surface area contributed by atoms with E-state index in [4.69, 9.17) is 0 Å². The summed E-state index contributed by atoms with van der Waals surface area (Å²) in [6, 6.07) is 60.8. The molecular weight excluding hydrogens is 744 g/mol. The Labute approximate surface area is 355 Å². The molecule has 2 aliphatic rings. The first kappa shape index (κ1) is 39.1. The predicted octanol–water partition coefficient (Wildman–Crippen LogP) is 11.6. The summed E-state index contributed by atoms with van der Waals surface area (Å²) >= 11 is 0. The summed E-state index contributed by atoms with van der Waals surface area (Å²) in [5.41, 5.74) is 18.1. The Kier molecular flexibility index (Phi) is 9.57. The van der Waals surface area contributed by atoms with Crippen molar-refractivity contribution in [2.45, 2.75) is 78.3 Å². The number of fused-ring (bicyclic) bond motifs is 4. The van der Waals surface area contributed by atoms with Crippen LogP contribution in [0, 0.1) is 6.92 Å². The smallest absolute Gasteiger partial charge is 0.252 e. The van der Waals surface area contributed by atoms with Gasteiger partial charge in [-0.05, 0) is 99.5 Å². The first-order chi connectivity index (χ1) is 28.1. The van der Waals surface area contributed by atoms with Crippen LogP contribution < -0.4 is 36.6 Å². The average Bonchev–Trinajstić information content (AvgIpc) is 3.21. The zero-order valence-electron chi connectivity index (χ0n) is 36.6. The molecule has 0 fully saturated rings. The van der Waals surface area contributed by atoms with E-state index in [9.17, 15) is 0 Å². The van der Waals surface area contributed by atoms with Crippen molar-refractivity contribution in [2.75, 3.05) is 9.80 Å². The highest BCUT2D eigenvalue weighted by molar-refractivity contribution is 7.01. The van der Waals surface area contributed by atoms with Crippen LogP contribution in [0.4, 0.5) is 34.1 Å². The van der Waals surface area contributed by atoms with Gasteiger partial charge < -0.3 is 9.80 Å². The van der Waals surface area contributed by atoms with E-state index in [2.05, 4.69) is 235 Å². The van der Waals surface area contributed by atoms with Gasteiger partial charge in [0.15, 0.2) is 0 Å². The number of nitrogens with zero attached hydrogens (tertiary/aromatic N) is 2. The normalized spacial score (nSPS) is 13.6. The van der Waals surface area contributed by atoms with Crippen LogP contribution >= 0.6 is 0 Å². The first-order valence-electron chi connectivity index (χ1n) is 21.4. The SMILES string of the molecule is Cc1ccc(N2c3cc(C(c4ccccc4)c4ccccc4)ccc3B3c4cc([Si](C)(C)C)ccc4N(c4ccc([Si](C)(C)C)cc4)c4cc(C(C)(C)C)cc2c43)cc1. The number of hydrogen-bond donors (Lipinski definition) is 0. The first-order valence-corrected chi connectivity index (χ1v) is 28.4. The standard InChI is InChI=1S/C54H57BN2Si2/c1-37-21-24-42(25-22-37)57-49-33-40(52(38-17-13-11-14-18-38)39-19-15-12-16-20-39)23-31-46(49)55-47-36-45(59(8,9)10)30-32-48(47)56(43-26-28-44(29-27-43)58(5,6)7)50-34-41(54(2,3)4)35-51(57)53(50)55/h11-36,52H,1-10H3. The van der Waals surface area contributed by atoms with Crippen LogP contribution in [-0.4, -0.2) is 22.9 Å². The molecule has 5 heteroatoms. The molecule has 0 amide bonds. The van der Waals surface area contributed by atoms with Crippen LogP contribution in [-0.2, 0) is 5.41 Å². The topological polar surface area (TPSA) is 6.48 Å². The van der Waals surface area contributed by atoms with E-state index in [-0.39, 0.29) is 18.0 Å². The maximum Gasteiger partial charge on any atom is 0.252 e. The minimum absolute atomic E-state index is 0.0653. The lowest BCUT2D eigenvalue weighted by atomic mass is 9.33. The van der Waals surface area contributed by atoms with Crippen molar-refractivity contribution >= 4 is 83.7 Å². The highest BCUT2D eigenvalue weighted by Crippen LogP contribution is 2.47. The molecule has 0 bridgehead atoms. The van der Waals surface area contributed by atoms with Gasteiger partial charge in [-0.1, -0.05) is 185 Å². The Morgan fingerprint density at radius 3 is 1.49 bits per heavy atom. The molecule has 0 aromatic heterocycles. The molecule has 294 valence electrons. The van der Waals surface area contributed by atoms with E-state index in [0.29, 0.717) is 0 Å². The third-order valence-electron chi connectivity index (χ3n) is 12.7. The largest absolute Gasteiger partial charge is 0.311 e. The van der Waals surface area contributed by atoms with Crippen molar-refractivity contribution in [3.8, 4) is 0 Å². The molecule has 2 nitrogen and oxygen atoms in total. The van der Waals surface area contributed by atoms with E-state index in [1.807, 2.05) is 0 Å². The van der Waals surface area contributed by atoms with Crippen LogP contribution in [0.2, 0.25) is 39.3 Å². The Bertz CT molecular complexity index is 2630. The van der Waals surface area contributed by atoms with Gasteiger partial charge in [0, 0.05) is 40.0 Å². The van der Waals surface area contributed by atoms with Crippen molar-refractivity contribution in [2.24, 2.45) is 0 Å². The third-order valence-corrected chi connectivity index (χ3v) is 16.8. The summed E-state index contributed by atoms with van der Waals surface area (Å²) in [6.07, 6.45) is 0. The fraction of sp³-hybridized carbons (Fsp3) is 0.222. The summed E-state index contributed by atoms with van der Waals surface area (Å²) in [5, 5.41) is 2.98. The van der Waals surface area contributed by atoms with E-state index < -0.39 is 16.1 Å². The Hall–Kier alpha value is -5.36. The molecule has 0 spiro atoms. The van der Waals surface area contributed by atoms with Crippen LogP contribution in [0.25, 0.3) is 0 Å². The van der Waals surface area contributed by atoms with Gasteiger partial charge >= 0.3 is 0 Å². The predicted molar refractivity (Wildman–Crippen MR) is 264 cm³/mol. The van der Waals surface area contributed by atoms with Crippen molar-refractivity contribution < 1.29 is 0 Å². The molecule has 59 heavy (non-hydrogen) atoms. The van der Waals surface area contributed by atoms with Gasteiger partial charge in [-0.2, -0.15) is 0 Å². The highest BCUT2D eigenvalue weighted by atomic mass is 28.3. The molecule has 2 heterocycles. The number of aryl methyl sites for hydroxylation is 1. The van der Waals surface area contributed by atoms with Gasteiger partial charge in [-0.25, -0.2) is 0 Å². The third kappa shape index (κ3) is 7.02. The fourth-order valence-electron chi connectivity index (χ4n) is 9.32. The van der Waals surface area contributed by atoms with Crippen LogP contribution in [0.1, 0.15) is 54.5 Å². The quantitative estimate of drug-likeness (QED) is 0.117. The molecular formula is C54H57BN2Si2. The molecule has 0 radical (unpaired) electrons. The monoisotopic (exact) mass is 800 g/mol. The van der Waals surface area contributed by atoms with Crippen LogP contribution in [0.3, 0.4) is 0 Å². The molecule has 0 saturated heterocycles. The van der Waals surface area contributed by atoms with Crippen LogP contribution in [0.5, 0.6) is 0 Å². The Morgan fingerprint density at radius 1 is 0.458 bits per heavy atom. The number of hydrogen-bond acceptors (Lipinski definition) is 2. The van der Waals surface area contributed by atoms with Crippen molar-refractivity contribution in [1.82, 2.24) is 0 Å². The second kappa shape index (κ2) is 14.4. The molecule has 9 rings (SSSR count). The van der Waals surface area contributed by atoms with Crippen molar-refractivity contribution in [3.63, 3.8) is 0 Å². The van der Waals surface area contributed by atoms with Gasteiger partial charge in [-0.15, -0.1) is 0 Å². The molecule has 0 N–H and O–H groups in total. The lowest BCUT2D eigenvalue weighted by Gasteiger charge is -2.45. The zero-order chi connectivity index (χ0) is 41.4. The minimum atomic E-state index is -1.67. The maximum absolute atomic E-state index is 2.59. The molecule has 0 saturated carbocycles. The second-order valence-corrected chi connectivity index (χ2v) is 30.2. The van der Waals surface area contributed by atoms with Crippen molar-refractivity contribution in [1.29, 1.82) is 0 Å². The lowest BCUT2D eigenvalue weighted by Crippen LogP contribution is -2.62.